The lowest BCUT2D eigenvalue weighted by Gasteiger charge is -2.09. The minimum absolute atomic E-state index is 0.185. The van der Waals surface area contributed by atoms with Gasteiger partial charge in [0.25, 0.3) is 0 Å². The van der Waals surface area contributed by atoms with Gasteiger partial charge in [-0.15, -0.1) is 12.3 Å². The first-order valence-electron chi connectivity index (χ1n) is 4.01. The molecule has 0 rings (SSSR count). The van der Waals surface area contributed by atoms with Crippen LogP contribution in [0, 0.1) is 23.7 Å². The van der Waals surface area contributed by atoms with Crippen molar-refractivity contribution in [2.24, 2.45) is 0 Å². The zero-order valence-electron chi connectivity index (χ0n) is 7.83. The molecule has 0 saturated carbocycles. The Hall–Kier alpha value is -2.01. The zero-order chi connectivity index (χ0) is 11.0. The van der Waals surface area contributed by atoms with Crippen LogP contribution in [-0.4, -0.2) is 24.4 Å². The molecule has 0 aliphatic heterocycles. The van der Waals surface area contributed by atoms with E-state index in [0.717, 1.165) is 0 Å². The Balaban J connectivity index is 3.91. The molecule has 0 aromatic rings. The monoisotopic (exact) mass is 193 g/mol. The van der Waals surface area contributed by atoms with Gasteiger partial charge in [0.1, 0.15) is 6.54 Å². The van der Waals surface area contributed by atoms with Crippen LogP contribution in [-0.2, 0) is 9.59 Å². The number of nitrogens with zero attached hydrogens (tertiary/aromatic N) is 1. The summed E-state index contributed by atoms with van der Waals surface area (Å²) in [7, 11) is 0. The van der Waals surface area contributed by atoms with E-state index in [-0.39, 0.29) is 12.6 Å². The lowest BCUT2D eigenvalue weighted by atomic mass is 10.2. The van der Waals surface area contributed by atoms with Crippen molar-refractivity contribution in [2.45, 2.75) is 19.4 Å². The van der Waals surface area contributed by atoms with E-state index >= 15 is 0 Å². The van der Waals surface area contributed by atoms with Crippen molar-refractivity contribution in [2.75, 3.05) is 6.54 Å². The number of rotatable bonds is 3. The number of amides is 2. The van der Waals surface area contributed by atoms with Crippen molar-refractivity contribution in [3.05, 3.63) is 0 Å². The van der Waals surface area contributed by atoms with Gasteiger partial charge in [0.2, 0.25) is 0 Å². The molecule has 0 aliphatic carbocycles. The Bertz CT molecular complexity index is 298. The van der Waals surface area contributed by atoms with Crippen molar-refractivity contribution in [3.8, 4) is 18.4 Å². The van der Waals surface area contributed by atoms with Crippen molar-refractivity contribution < 1.29 is 9.59 Å². The molecule has 0 aromatic heterocycles. The molecule has 0 aliphatic rings. The fraction of sp³-hybridized carbons (Fsp3) is 0.444. The van der Waals surface area contributed by atoms with Gasteiger partial charge in [-0.3, -0.25) is 9.59 Å². The van der Waals surface area contributed by atoms with Gasteiger partial charge in [0, 0.05) is 12.5 Å². The van der Waals surface area contributed by atoms with E-state index in [4.69, 9.17) is 11.7 Å². The number of carbonyl (C=O) groups excluding carboxylic acids is 2. The molecule has 5 nitrogen and oxygen atoms in total. The molecule has 14 heavy (non-hydrogen) atoms. The summed E-state index contributed by atoms with van der Waals surface area (Å²) in [5.41, 5.74) is 0. The molecule has 0 heterocycles. The topological polar surface area (TPSA) is 82.0 Å². The van der Waals surface area contributed by atoms with Crippen LogP contribution in [0.1, 0.15) is 13.3 Å². The number of terminal acetylenes is 1. The molecule has 2 amide bonds. The summed E-state index contributed by atoms with van der Waals surface area (Å²) in [5.74, 6) is 0.757. The Morgan fingerprint density at radius 3 is 2.64 bits per heavy atom. The Morgan fingerprint density at radius 2 is 2.14 bits per heavy atom. The van der Waals surface area contributed by atoms with Crippen molar-refractivity contribution in [1.29, 1.82) is 5.26 Å². The molecule has 0 radical (unpaired) electrons. The molecule has 0 aromatic carbocycles. The first-order chi connectivity index (χ1) is 6.61. The highest BCUT2D eigenvalue weighted by Gasteiger charge is 2.14. The van der Waals surface area contributed by atoms with Crippen LogP contribution in [0.3, 0.4) is 0 Å². The third kappa shape index (κ3) is 4.78. The average Bonchev–Trinajstić information content (AvgIpc) is 2.14. The largest absolute Gasteiger partial charge is 0.344 e. The van der Waals surface area contributed by atoms with E-state index < -0.39 is 11.8 Å². The zero-order valence-corrected chi connectivity index (χ0v) is 7.83. The lowest BCUT2D eigenvalue weighted by molar-refractivity contribution is -0.139. The Labute approximate surface area is 82.5 Å². The lowest BCUT2D eigenvalue weighted by Crippen LogP contribution is -2.43. The van der Waals surface area contributed by atoms with Crippen LogP contribution >= 0.6 is 0 Å². The average molecular weight is 193 g/mol. The molecule has 2 N–H and O–H groups in total. The minimum atomic E-state index is -0.824. The second kappa shape index (κ2) is 6.50. The number of hydrogen-bond donors (Lipinski definition) is 2. The third-order valence-electron chi connectivity index (χ3n) is 1.34. The molecular formula is C9H11N3O2. The maximum absolute atomic E-state index is 11.0. The van der Waals surface area contributed by atoms with Gasteiger partial charge in [-0.05, 0) is 6.92 Å². The highest BCUT2D eigenvalue weighted by Crippen LogP contribution is 1.87. The molecular weight excluding hydrogens is 182 g/mol. The molecule has 0 spiro atoms. The van der Waals surface area contributed by atoms with Gasteiger partial charge in [0.05, 0.1) is 6.07 Å². The van der Waals surface area contributed by atoms with Crippen molar-refractivity contribution in [3.63, 3.8) is 0 Å². The quantitative estimate of drug-likeness (QED) is 0.348. The Morgan fingerprint density at radius 1 is 1.50 bits per heavy atom. The van der Waals surface area contributed by atoms with Crippen LogP contribution in [0.15, 0.2) is 0 Å². The maximum Gasteiger partial charge on any atom is 0.310 e. The van der Waals surface area contributed by atoms with Gasteiger partial charge in [0.15, 0.2) is 0 Å². The van der Waals surface area contributed by atoms with Gasteiger partial charge < -0.3 is 10.6 Å². The van der Waals surface area contributed by atoms with Gasteiger partial charge in [-0.1, -0.05) is 0 Å². The van der Waals surface area contributed by atoms with Gasteiger partial charge in [-0.2, -0.15) is 5.26 Å². The summed E-state index contributed by atoms with van der Waals surface area (Å²) < 4.78 is 0. The summed E-state index contributed by atoms with van der Waals surface area (Å²) in [4.78, 5) is 21.9. The summed E-state index contributed by atoms with van der Waals surface area (Å²) >= 11 is 0. The van der Waals surface area contributed by atoms with Gasteiger partial charge >= 0.3 is 11.8 Å². The molecule has 0 fully saturated rings. The third-order valence-corrected chi connectivity index (χ3v) is 1.34. The van der Waals surface area contributed by atoms with Crippen molar-refractivity contribution >= 4 is 11.8 Å². The standard InChI is InChI=1S/C9H11N3O2/c1-3-4-7(2)12-9(14)8(13)11-6-5-10/h1,7H,4,6H2,2H3,(H,11,13)(H,12,14). The Kier molecular flexibility index (Phi) is 5.57. The molecule has 74 valence electrons. The van der Waals surface area contributed by atoms with Gasteiger partial charge in [-0.25, -0.2) is 0 Å². The minimum Gasteiger partial charge on any atom is -0.344 e. The van der Waals surface area contributed by atoms with E-state index in [1.165, 1.54) is 0 Å². The van der Waals surface area contributed by atoms with Crippen LogP contribution in [0.5, 0.6) is 0 Å². The second-order valence-corrected chi connectivity index (χ2v) is 2.62. The second-order valence-electron chi connectivity index (χ2n) is 2.62. The molecule has 5 heteroatoms. The maximum atomic E-state index is 11.0. The van der Waals surface area contributed by atoms with E-state index in [1.807, 2.05) is 0 Å². The highest BCUT2D eigenvalue weighted by atomic mass is 16.2. The fourth-order valence-corrected chi connectivity index (χ4v) is 0.717. The molecule has 0 bridgehead atoms. The highest BCUT2D eigenvalue weighted by molar-refractivity contribution is 6.35. The molecule has 0 saturated heterocycles. The summed E-state index contributed by atoms with van der Waals surface area (Å²) in [6.45, 7) is 1.51. The predicted molar refractivity (Wildman–Crippen MR) is 49.7 cm³/mol. The number of nitrogens with one attached hydrogen (secondary N) is 2. The number of nitriles is 1. The van der Waals surface area contributed by atoms with E-state index in [0.29, 0.717) is 6.42 Å². The van der Waals surface area contributed by atoms with E-state index in [9.17, 15) is 9.59 Å². The van der Waals surface area contributed by atoms with E-state index in [2.05, 4.69) is 16.6 Å². The van der Waals surface area contributed by atoms with Crippen LogP contribution in [0.4, 0.5) is 0 Å². The van der Waals surface area contributed by atoms with Crippen LogP contribution in [0.25, 0.3) is 0 Å². The summed E-state index contributed by atoms with van der Waals surface area (Å²) in [6.07, 6.45) is 5.37. The van der Waals surface area contributed by atoms with Crippen molar-refractivity contribution in [1.82, 2.24) is 10.6 Å². The predicted octanol–water partition coefficient (Wildman–Crippen LogP) is -0.846. The fourth-order valence-electron chi connectivity index (χ4n) is 0.717. The summed E-state index contributed by atoms with van der Waals surface area (Å²) in [6, 6.07) is 1.44. The number of hydrogen-bond acceptors (Lipinski definition) is 3. The first-order valence-corrected chi connectivity index (χ1v) is 4.01. The van der Waals surface area contributed by atoms with Crippen LogP contribution in [0.2, 0.25) is 0 Å². The molecule has 1 unspecified atom stereocenters. The molecule has 1 atom stereocenters. The first kappa shape index (κ1) is 12.0. The smallest absolute Gasteiger partial charge is 0.310 e. The SMILES string of the molecule is C#CCC(C)NC(=O)C(=O)NCC#N. The van der Waals surface area contributed by atoms with E-state index in [1.54, 1.807) is 13.0 Å². The summed E-state index contributed by atoms with van der Waals surface area (Å²) in [5, 5.41) is 12.6. The normalized spacial score (nSPS) is 10.5. The number of carbonyl (C=O) groups is 2. The van der Waals surface area contributed by atoms with Crippen LogP contribution < -0.4 is 10.6 Å².